The SMILES string of the molecule is O=C1CC=C(CO)CCC1. The number of carbonyl (C=O) groups is 1. The molecule has 0 aromatic heterocycles. The summed E-state index contributed by atoms with van der Waals surface area (Å²) in [5.74, 6) is 0.295. The predicted octanol–water partition coefficient (Wildman–Crippen LogP) is 1.05. The highest BCUT2D eigenvalue weighted by atomic mass is 16.3. The Bertz CT molecular complexity index is 159. The van der Waals surface area contributed by atoms with E-state index in [1.807, 2.05) is 6.08 Å². The highest BCUT2D eigenvalue weighted by molar-refractivity contribution is 5.80. The molecule has 1 aliphatic carbocycles. The van der Waals surface area contributed by atoms with E-state index < -0.39 is 0 Å². The molecule has 0 spiro atoms. The maximum Gasteiger partial charge on any atom is 0.136 e. The highest BCUT2D eigenvalue weighted by Crippen LogP contribution is 2.13. The lowest BCUT2D eigenvalue weighted by molar-refractivity contribution is -0.118. The molecule has 10 heavy (non-hydrogen) atoms. The Morgan fingerprint density at radius 2 is 2.30 bits per heavy atom. The van der Waals surface area contributed by atoms with E-state index >= 15 is 0 Å². The van der Waals surface area contributed by atoms with Gasteiger partial charge in [-0.1, -0.05) is 6.08 Å². The minimum Gasteiger partial charge on any atom is -0.392 e. The van der Waals surface area contributed by atoms with Crippen molar-refractivity contribution in [2.75, 3.05) is 6.61 Å². The average molecular weight is 140 g/mol. The Labute approximate surface area is 60.6 Å². The van der Waals surface area contributed by atoms with Gasteiger partial charge in [0, 0.05) is 12.8 Å². The summed E-state index contributed by atoms with van der Waals surface area (Å²) in [6.45, 7) is 0.118. The largest absolute Gasteiger partial charge is 0.392 e. The first-order chi connectivity index (χ1) is 4.83. The van der Waals surface area contributed by atoms with E-state index in [1.54, 1.807) is 0 Å². The zero-order chi connectivity index (χ0) is 7.40. The fourth-order valence-corrected chi connectivity index (χ4v) is 1.12. The van der Waals surface area contributed by atoms with Gasteiger partial charge in [0.05, 0.1) is 6.61 Å². The third kappa shape index (κ3) is 1.95. The lowest BCUT2D eigenvalue weighted by Gasteiger charge is -1.96. The molecule has 0 radical (unpaired) electrons. The van der Waals surface area contributed by atoms with Gasteiger partial charge in [0.15, 0.2) is 0 Å². The van der Waals surface area contributed by atoms with Gasteiger partial charge >= 0.3 is 0 Å². The second-order valence-electron chi connectivity index (χ2n) is 2.62. The van der Waals surface area contributed by atoms with E-state index in [9.17, 15) is 4.79 Å². The third-order valence-corrected chi connectivity index (χ3v) is 1.78. The molecule has 0 aliphatic heterocycles. The van der Waals surface area contributed by atoms with E-state index in [4.69, 9.17) is 5.11 Å². The molecule has 1 aliphatic rings. The number of rotatable bonds is 1. The van der Waals surface area contributed by atoms with Gasteiger partial charge in [0.1, 0.15) is 5.78 Å². The van der Waals surface area contributed by atoms with Gasteiger partial charge in [-0.05, 0) is 18.4 Å². The Balaban J connectivity index is 2.51. The topological polar surface area (TPSA) is 37.3 Å². The number of aliphatic hydroxyl groups is 1. The molecule has 0 saturated heterocycles. The summed E-state index contributed by atoms with van der Waals surface area (Å²) in [6, 6.07) is 0. The smallest absolute Gasteiger partial charge is 0.136 e. The van der Waals surface area contributed by atoms with E-state index in [1.165, 1.54) is 0 Å². The number of Topliss-reactive ketones (excluding diaryl/α,β-unsaturated/α-hetero) is 1. The molecule has 1 N–H and O–H groups in total. The standard InChI is InChI=1S/C8H12O2/c9-6-7-2-1-3-8(10)5-4-7/h4,9H,1-3,5-6H2. The number of ketones is 1. The molecule has 2 nitrogen and oxygen atoms in total. The first kappa shape index (κ1) is 7.48. The predicted molar refractivity (Wildman–Crippen MR) is 38.6 cm³/mol. The molecule has 0 heterocycles. The fraction of sp³-hybridized carbons (Fsp3) is 0.625. The van der Waals surface area contributed by atoms with Gasteiger partial charge in [-0.25, -0.2) is 0 Å². The maximum atomic E-state index is 10.8. The fourth-order valence-electron chi connectivity index (χ4n) is 1.12. The lowest BCUT2D eigenvalue weighted by atomic mass is 10.1. The van der Waals surface area contributed by atoms with E-state index in [0.717, 1.165) is 18.4 Å². The zero-order valence-electron chi connectivity index (χ0n) is 5.97. The summed E-state index contributed by atoms with van der Waals surface area (Å²) in [6.07, 6.45) is 4.86. The summed E-state index contributed by atoms with van der Waals surface area (Å²) in [7, 11) is 0. The van der Waals surface area contributed by atoms with Crippen molar-refractivity contribution >= 4 is 5.78 Å². The summed E-state index contributed by atoms with van der Waals surface area (Å²) in [4.78, 5) is 10.8. The number of aliphatic hydroxyl groups excluding tert-OH is 1. The van der Waals surface area contributed by atoms with Crippen LogP contribution in [-0.2, 0) is 4.79 Å². The van der Waals surface area contributed by atoms with Gasteiger partial charge in [0.25, 0.3) is 0 Å². The minimum atomic E-state index is 0.118. The summed E-state index contributed by atoms with van der Waals surface area (Å²) >= 11 is 0. The van der Waals surface area contributed by atoms with Gasteiger partial charge in [-0.15, -0.1) is 0 Å². The van der Waals surface area contributed by atoms with Crippen molar-refractivity contribution in [1.29, 1.82) is 0 Å². The third-order valence-electron chi connectivity index (χ3n) is 1.78. The number of hydrogen-bond acceptors (Lipinski definition) is 2. The monoisotopic (exact) mass is 140 g/mol. The van der Waals surface area contributed by atoms with Crippen LogP contribution in [0, 0.1) is 0 Å². The first-order valence-corrected chi connectivity index (χ1v) is 3.63. The highest BCUT2D eigenvalue weighted by Gasteiger charge is 2.06. The molecule has 1 rings (SSSR count). The van der Waals surface area contributed by atoms with Crippen molar-refractivity contribution in [1.82, 2.24) is 0 Å². The molecule has 56 valence electrons. The summed E-state index contributed by atoms with van der Waals surface area (Å²) in [5, 5.41) is 8.72. The minimum absolute atomic E-state index is 0.118. The molecule has 0 fully saturated rings. The Morgan fingerprint density at radius 1 is 1.50 bits per heavy atom. The quantitative estimate of drug-likeness (QED) is 0.553. The molecule has 0 amide bonds. The van der Waals surface area contributed by atoms with Gasteiger partial charge in [-0.3, -0.25) is 4.79 Å². The van der Waals surface area contributed by atoms with Crippen LogP contribution in [-0.4, -0.2) is 17.5 Å². The van der Waals surface area contributed by atoms with Crippen LogP contribution < -0.4 is 0 Å². The van der Waals surface area contributed by atoms with E-state index in [0.29, 0.717) is 18.6 Å². The molecule has 0 bridgehead atoms. The Kier molecular flexibility index (Phi) is 2.63. The normalized spacial score (nSPS) is 20.1. The van der Waals surface area contributed by atoms with Gasteiger partial charge < -0.3 is 5.11 Å². The summed E-state index contributed by atoms with van der Waals surface area (Å²) in [5.41, 5.74) is 1.02. The first-order valence-electron chi connectivity index (χ1n) is 3.63. The van der Waals surface area contributed by atoms with Crippen molar-refractivity contribution in [3.8, 4) is 0 Å². The molecule has 0 aromatic rings. The second-order valence-corrected chi connectivity index (χ2v) is 2.62. The molecule has 2 heteroatoms. The van der Waals surface area contributed by atoms with Crippen LogP contribution in [0.1, 0.15) is 25.7 Å². The Hall–Kier alpha value is -0.630. The number of hydrogen-bond donors (Lipinski definition) is 1. The second kappa shape index (κ2) is 3.52. The molecular weight excluding hydrogens is 128 g/mol. The number of allylic oxidation sites excluding steroid dienone is 1. The average Bonchev–Trinajstić information content (AvgIpc) is 2.14. The Morgan fingerprint density at radius 3 is 3.00 bits per heavy atom. The summed E-state index contributed by atoms with van der Waals surface area (Å²) < 4.78 is 0. The molecule has 0 unspecified atom stereocenters. The van der Waals surface area contributed by atoms with Crippen molar-refractivity contribution in [2.24, 2.45) is 0 Å². The maximum absolute atomic E-state index is 10.8. The van der Waals surface area contributed by atoms with Crippen LogP contribution in [0.3, 0.4) is 0 Å². The van der Waals surface area contributed by atoms with Gasteiger partial charge in [-0.2, -0.15) is 0 Å². The lowest BCUT2D eigenvalue weighted by Crippen LogP contribution is -1.91. The van der Waals surface area contributed by atoms with E-state index in [2.05, 4.69) is 0 Å². The van der Waals surface area contributed by atoms with E-state index in [-0.39, 0.29) is 6.61 Å². The molecule has 0 aromatic carbocycles. The molecule has 0 atom stereocenters. The van der Waals surface area contributed by atoms with Crippen LogP contribution in [0.4, 0.5) is 0 Å². The van der Waals surface area contributed by atoms with Crippen molar-refractivity contribution in [3.05, 3.63) is 11.6 Å². The van der Waals surface area contributed by atoms with Crippen LogP contribution in [0.15, 0.2) is 11.6 Å². The van der Waals surface area contributed by atoms with Crippen LogP contribution in [0.5, 0.6) is 0 Å². The van der Waals surface area contributed by atoms with Gasteiger partial charge in [0.2, 0.25) is 0 Å². The molecule has 0 saturated carbocycles. The van der Waals surface area contributed by atoms with Crippen molar-refractivity contribution in [2.45, 2.75) is 25.7 Å². The van der Waals surface area contributed by atoms with Crippen LogP contribution >= 0.6 is 0 Å². The number of carbonyl (C=O) groups excluding carboxylic acids is 1. The zero-order valence-corrected chi connectivity index (χ0v) is 5.97. The van der Waals surface area contributed by atoms with Crippen LogP contribution in [0.2, 0.25) is 0 Å². The van der Waals surface area contributed by atoms with Crippen molar-refractivity contribution in [3.63, 3.8) is 0 Å². The van der Waals surface area contributed by atoms with Crippen LogP contribution in [0.25, 0.3) is 0 Å². The van der Waals surface area contributed by atoms with Crippen molar-refractivity contribution < 1.29 is 9.90 Å². The molecular formula is C8H12O2.